The number of guanidine groups is 1. The molecule has 0 spiro atoms. The Morgan fingerprint density at radius 3 is 2.53 bits per heavy atom. The third kappa shape index (κ3) is 1.53. The van der Waals surface area contributed by atoms with Crippen molar-refractivity contribution in [1.82, 2.24) is 5.32 Å². The molecule has 0 saturated carbocycles. The van der Waals surface area contributed by atoms with Gasteiger partial charge < -0.3 is 10.4 Å². The van der Waals surface area contributed by atoms with Gasteiger partial charge in [-0.05, 0) is 6.92 Å². The molecule has 1 aromatic rings. The zero-order valence-corrected chi connectivity index (χ0v) is 8.73. The first kappa shape index (κ1) is 9.86. The highest BCUT2D eigenvalue weighted by atomic mass is 16.3. The van der Waals surface area contributed by atoms with Crippen molar-refractivity contribution in [1.29, 1.82) is 0 Å². The zero-order chi connectivity index (χ0) is 10.9. The van der Waals surface area contributed by atoms with Gasteiger partial charge in [-0.1, -0.05) is 30.3 Å². The Morgan fingerprint density at radius 1 is 1.33 bits per heavy atom. The van der Waals surface area contributed by atoms with E-state index in [9.17, 15) is 5.11 Å². The molecule has 78 valence electrons. The van der Waals surface area contributed by atoms with E-state index >= 15 is 0 Å². The molecule has 4 heteroatoms. The number of aliphatic hydroxyl groups is 1. The van der Waals surface area contributed by atoms with Crippen LogP contribution in [-0.4, -0.2) is 23.8 Å². The van der Waals surface area contributed by atoms with Gasteiger partial charge in [-0.25, -0.2) is 4.99 Å². The van der Waals surface area contributed by atoms with Gasteiger partial charge in [0, 0.05) is 12.6 Å². The summed E-state index contributed by atoms with van der Waals surface area (Å²) in [6.45, 7) is 1.78. The molecule has 0 aliphatic carbocycles. The van der Waals surface area contributed by atoms with Crippen molar-refractivity contribution in [3.63, 3.8) is 0 Å². The summed E-state index contributed by atoms with van der Waals surface area (Å²) in [4.78, 5) is 8.06. The predicted octanol–water partition coefficient (Wildman–Crippen LogP) is 0.882. The van der Waals surface area contributed by atoms with Crippen LogP contribution in [0.5, 0.6) is 0 Å². The first-order valence-corrected chi connectivity index (χ1v) is 4.75. The Balaban J connectivity index is 2.43. The van der Waals surface area contributed by atoms with E-state index in [4.69, 9.17) is 0 Å². The van der Waals surface area contributed by atoms with Crippen LogP contribution in [0.1, 0.15) is 12.5 Å². The van der Waals surface area contributed by atoms with Crippen molar-refractivity contribution >= 4 is 11.7 Å². The Hall–Kier alpha value is -1.68. The highest BCUT2D eigenvalue weighted by Crippen LogP contribution is 2.23. The minimum Gasteiger partial charge on any atom is -0.362 e. The minimum absolute atomic E-state index is 0.457. The van der Waals surface area contributed by atoms with E-state index in [1.807, 2.05) is 30.3 Å². The van der Waals surface area contributed by atoms with Crippen LogP contribution in [0.3, 0.4) is 0 Å². The van der Waals surface area contributed by atoms with Crippen molar-refractivity contribution in [2.75, 3.05) is 7.05 Å². The summed E-state index contributed by atoms with van der Waals surface area (Å²) in [6.07, 6.45) is 0. The van der Waals surface area contributed by atoms with Gasteiger partial charge in [0.1, 0.15) is 0 Å². The van der Waals surface area contributed by atoms with Gasteiger partial charge in [0.15, 0.2) is 0 Å². The Kier molecular flexibility index (Phi) is 2.28. The number of hydrogen-bond donors (Lipinski definition) is 2. The van der Waals surface area contributed by atoms with E-state index < -0.39 is 5.72 Å². The first-order valence-electron chi connectivity index (χ1n) is 4.75. The SMILES string of the molecule is CN=C1N=C(C)C(O)(c2ccccc2)N1. The van der Waals surface area contributed by atoms with Crippen molar-refractivity contribution in [3.8, 4) is 0 Å². The summed E-state index contributed by atoms with van der Waals surface area (Å²) in [5.41, 5.74) is 0.162. The molecule has 1 atom stereocenters. The molecule has 2 rings (SSSR count). The average Bonchev–Trinajstić information content (AvgIpc) is 2.57. The summed E-state index contributed by atoms with van der Waals surface area (Å²) in [5.74, 6) is 0.457. The van der Waals surface area contributed by atoms with Gasteiger partial charge in [-0.2, -0.15) is 0 Å². The minimum atomic E-state index is -1.21. The van der Waals surface area contributed by atoms with Crippen LogP contribution in [-0.2, 0) is 5.72 Å². The summed E-state index contributed by atoms with van der Waals surface area (Å²) >= 11 is 0. The van der Waals surface area contributed by atoms with Crippen LogP contribution in [0.15, 0.2) is 40.3 Å². The smallest absolute Gasteiger partial charge is 0.220 e. The van der Waals surface area contributed by atoms with E-state index in [1.165, 1.54) is 0 Å². The highest BCUT2D eigenvalue weighted by Gasteiger charge is 2.38. The van der Waals surface area contributed by atoms with Crippen LogP contribution >= 0.6 is 0 Å². The number of benzene rings is 1. The quantitative estimate of drug-likeness (QED) is 0.712. The fraction of sp³-hybridized carbons (Fsp3) is 0.273. The molecule has 0 amide bonds. The van der Waals surface area contributed by atoms with Gasteiger partial charge in [-0.3, -0.25) is 4.99 Å². The molecule has 4 nitrogen and oxygen atoms in total. The zero-order valence-electron chi connectivity index (χ0n) is 8.73. The third-order valence-corrected chi connectivity index (χ3v) is 2.49. The molecule has 1 aliphatic heterocycles. The molecule has 2 N–H and O–H groups in total. The first-order chi connectivity index (χ1) is 7.16. The lowest BCUT2D eigenvalue weighted by atomic mass is 9.99. The topological polar surface area (TPSA) is 57.0 Å². The molecule has 0 fully saturated rings. The fourth-order valence-corrected chi connectivity index (χ4v) is 1.59. The normalized spacial score (nSPS) is 27.7. The van der Waals surface area contributed by atoms with Crippen molar-refractivity contribution in [3.05, 3.63) is 35.9 Å². The maximum absolute atomic E-state index is 10.4. The maximum atomic E-state index is 10.4. The third-order valence-electron chi connectivity index (χ3n) is 2.49. The molecule has 1 heterocycles. The van der Waals surface area contributed by atoms with Crippen molar-refractivity contribution in [2.24, 2.45) is 9.98 Å². The van der Waals surface area contributed by atoms with Crippen molar-refractivity contribution < 1.29 is 5.11 Å². The highest BCUT2D eigenvalue weighted by molar-refractivity contribution is 6.07. The van der Waals surface area contributed by atoms with Crippen LogP contribution in [0.4, 0.5) is 0 Å². The standard InChI is InChI=1S/C11H13N3O/c1-8-11(15,14-10(12-2)13-8)9-6-4-3-5-7-9/h3-7,15H,1-2H3,(H,12,14). The van der Waals surface area contributed by atoms with Crippen LogP contribution < -0.4 is 5.32 Å². The monoisotopic (exact) mass is 203 g/mol. The lowest BCUT2D eigenvalue weighted by Gasteiger charge is -2.23. The molecule has 15 heavy (non-hydrogen) atoms. The van der Waals surface area contributed by atoms with E-state index in [1.54, 1.807) is 14.0 Å². The van der Waals surface area contributed by atoms with E-state index in [-0.39, 0.29) is 0 Å². The van der Waals surface area contributed by atoms with Gasteiger partial charge >= 0.3 is 0 Å². The summed E-state index contributed by atoms with van der Waals surface area (Å²) < 4.78 is 0. The van der Waals surface area contributed by atoms with Crippen LogP contribution in [0.25, 0.3) is 0 Å². The Labute approximate surface area is 88.4 Å². The summed E-state index contributed by atoms with van der Waals surface area (Å²) in [6, 6.07) is 9.37. The molecule has 0 saturated heterocycles. The molecule has 0 radical (unpaired) electrons. The molecule has 1 unspecified atom stereocenters. The largest absolute Gasteiger partial charge is 0.362 e. The number of rotatable bonds is 1. The molecule has 0 aromatic heterocycles. The van der Waals surface area contributed by atoms with Crippen molar-refractivity contribution in [2.45, 2.75) is 12.6 Å². The number of nitrogens with zero attached hydrogens (tertiary/aromatic N) is 2. The second-order valence-corrected chi connectivity index (χ2v) is 3.45. The van der Waals surface area contributed by atoms with Gasteiger partial charge in [0.25, 0.3) is 0 Å². The van der Waals surface area contributed by atoms with Crippen LogP contribution in [0, 0.1) is 0 Å². The maximum Gasteiger partial charge on any atom is 0.220 e. The lowest BCUT2D eigenvalue weighted by Crippen LogP contribution is -2.44. The molecular formula is C11H13N3O. The lowest BCUT2D eigenvalue weighted by molar-refractivity contribution is 0.0996. The van der Waals surface area contributed by atoms with E-state index in [2.05, 4.69) is 15.3 Å². The fourth-order valence-electron chi connectivity index (χ4n) is 1.59. The molecule has 1 aromatic carbocycles. The molecule has 1 aliphatic rings. The second kappa shape index (κ2) is 3.47. The van der Waals surface area contributed by atoms with Crippen LogP contribution in [0.2, 0.25) is 0 Å². The Morgan fingerprint density at radius 2 is 2.00 bits per heavy atom. The number of nitrogens with one attached hydrogen (secondary N) is 1. The predicted molar refractivity (Wildman–Crippen MR) is 59.9 cm³/mol. The average molecular weight is 203 g/mol. The Bertz CT molecular complexity index is 425. The molecule has 0 bridgehead atoms. The van der Waals surface area contributed by atoms with Gasteiger partial charge in [-0.15, -0.1) is 0 Å². The van der Waals surface area contributed by atoms with E-state index in [0.29, 0.717) is 11.7 Å². The number of aliphatic imine (C=N–C) groups is 2. The molecular weight excluding hydrogens is 190 g/mol. The van der Waals surface area contributed by atoms with Gasteiger partial charge in [0.05, 0.1) is 5.71 Å². The summed E-state index contributed by atoms with van der Waals surface area (Å²) in [7, 11) is 1.63. The van der Waals surface area contributed by atoms with Gasteiger partial charge in [0.2, 0.25) is 11.7 Å². The van der Waals surface area contributed by atoms with E-state index in [0.717, 1.165) is 5.56 Å². The summed E-state index contributed by atoms with van der Waals surface area (Å²) in [5, 5.41) is 13.3. The second-order valence-electron chi connectivity index (χ2n) is 3.45. The number of hydrogen-bond acceptors (Lipinski definition) is 2.